The number of hydrogen-bond donors (Lipinski definition) is 1. The lowest BCUT2D eigenvalue weighted by Crippen LogP contribution is -2.48. The first-order valence-electron chi connectivity index (χ1n) is 9.66. The molecule has 3 aromatic rings. The molecule has 1 N–H and O–H groups in total. The number of nitrogens with one attached hydrogen (secondary N) is 1. The summed E-state index contributed by atoms with van der Waals surface area (Å²) in [6.07, 6.45) is 0. The number of rotatable bonds is 3. The van der Waals surface area contributed by atoms with Crippen LogP contribution in [0, 0.1) is 6.92 Å². The van der Waals surface area contributed by atoms with Gasteiger partial charge in [0.05, 0.1) is 0 Å². The van der Waals surface area contributed by atoms with Crippen LogP contribution in [-0.2, 0) is 6.54 Å². The number of aromatic amines is 1. The molecule has 3 heterocycles. The van der Waals surface area contributed by atoms with Crippen molar-refractivity contribution in [1.29, 1.82) is 0 Å². The molecule has 0 aliphatic carbocycles. The number of H-pyrrole nitrogens is 1. The van der Waals surface area contributed by atoms with Gasteiger partial charge in [-0.3, -0.25) is 9.69 Å². The highest BCUT2D eigenvalue weighted by molar-refractivity contribution is 6.00. The SMILES string of the molecule is Cc1c(C(=O)N2CCN(Cc3ccc4c(c3)OCO4)CC2)[nH]c2ccccc12. The van der Waals surface area contributed by atoms with Crippen LogP contribution in [0.2, 0.25) is 0 Å². The zero-order valence-electron chi connectivity index (χ0n) is 15.9. The Balaban J connectivity index is 1.24. The van der Waals surface area contributed by atoms with Crippen LogP contribution < -0.4 is 9.47 Å². The van der Waals surface area contributed by atoms with E-state index in [1.54, 1.807) is 0 Å². The fourth-order valence-electron chi connectivity index (χ4n) is 4.06. The van der Waals surface area contributed by atoms with E-state index >= 15 is 0 Å². The third kappa shape index (κ3) is 2.99. The van der Waals surface area contributed by atoms with Gasteiger partial charge in [-0.1, -0.05) is 24.3 Å². The molecule has 1 aromatic heterocycles. The lowest BCUT2D eigenvalue weighted by Gasteiger charge is -2.34. The molecule has 144 valence electrons. The van der Waals surface area contributed by atoms with E-state index in [9.17, 15) is 4.79 Å². The molecule has 0 spiro atoms. The van der Waals surface area contributed by atoms with E-state index in [4.69, 9.17) is 9.47 Å². The molecule has 0 unspecified atom stereocenters. The van der Waals surface area contributed by atoms with Gasteiger partial charge in [0.25, 0.3) is 5.91 Å². The number of piperazine rings is 1. The lowest BCUT2D eigenvalue weighted by atomic mass is 10.1. The Morgan fingerprint density at radius 3 is 2.64 bits per heavy atom. The highest BCUT2D eigenvalue weighted by Gasteiger charge is 2.25. The summed E-state index contributed by atoms with van der Waals surface area (Å²) in [6, 6.07) is 14.2. The van der Waals surface area contributed by atoms with Gasteiger partial charge in [-0.25, -0.2) is 0 Å². The maximum absolute atomic E-state index is 13.0. The third-order valence-electron chi connectivity index (χ3n) is 5.68. The molecular weight excluding hydrogens is 354 g/mol. The average molecular weight is 377 g/mol. The molecule has 1 amide bonds. The summed E-state index contributed by atoms with van der Waals surface area (Å²) in [5, 5.41) is 1.12. The second-order valence-electron chi connectivity index (χ2n) is 7.43. The number of amides is 1. The van der Waals surface area contributed by atoms with Crippen molar-refractivity contribution in [2.24, 2.45) is 0 Å². The Morgan fingerprint density at radius 2 is 1.82 bits per heavy atom. The summed E-state index contributed by atoms with van der Waals surface area (Å²) >= 11 is 0. The first kappa shape index (κ1) is 17.1. The van der Waals surface area contributed by atoms with Gasteiger partial charge in [0.15, 0.2) is 11.5 Å². The van der Waals surface area contributed by atoms with Crippen molar-refractivity contribution >= 4 is 16.8 Å². The fourth-order valence-corrected chi connectivity index (χ4v) is 4.06. The van der Waals surface area contributed by atoms with Gasteiger partial charge in [-0.05, 0) is 36.2 Å². The number of aryl methyl sites for hydroxylation is 1. The molecule has 0 radical (unpaired) electrons. The monoisotopic (exact) mass is 377 g/mol. The second kappa shape index (κ2) is 6.87. The Bertz CT molecular complexity index is 1030. The standard InChI is InChI=1S/C22H23N3O3/c1-15-17-4-2-3-5-18(17)23-21(15)22(26)25-10-8-24(9-11-25)13-16-6-7-19-20(12-16)28-14-27-19/h2-7,12,23H,8-11,13-14H2,1H3. The van der Waals surface area contributed by atoms with Gasteiger partial charge < -0.3 is 19.4 Å². The summed E-state index contributed by atoms with van der Waals surface area (Å²) < 4.78 is 10.8. The Morgan fingerprint density at radius 1 is 1.04 bits per heavy atom. The molecule has 0 atom stereocenters. The van der Waals surface area contributed by atoms with E-state index in [-0.39, 0.29) is 5.91 Å². The van der Waals surface area contributed by atoms with Crippen molar-refractivity contribution in [2.75, 3.05) is 33.0 Å². The summed E-state index contributed by atoms with van der Waals surface area (Å²) in [5.41, 5.74) is 3.97. The van der Waals surface area contributed by atoms with Gasteiger partial charge >= 0.3 is 0 Å². The lowest BCUT2D eigenvalue weighted by molar-refractivity contribution is 0.0623. The molecule has 28 heavy (non-hydrogen) atoms. The van der Waals surface area contributed by atoms with Crippen LogP contribution in [0.4, 0.5) is 0 Å². The maximum atomic E-state index is 13.0. The van der Waals surface area contributed by atoms with E-state index in [0.717, 1.165) is 60.7 Å². The van der Waals surface area contributed by atoms with Crippen LogP contribution in [0.5, 0.6) is 11.5 Å². The van der Waals surface area contributed by atoms with Crippen LogP contribution >= 0.6 is 0 Å². The number of aromatic nitrogens is 1. The van der Waals surface area contributed by atoms with Crippen molar-refractivity contribution in [2.45, 2.75) is 13.5 Å². The maximum Gasteiger partial charge on any atom is 0.270 e. The number of nitrogens with zero attached hydrogens (tertiary/aromatic N) is 2. The second-order valence-corrected chi connectivity index (χ2v) is 7.43. The van der Waals surface area contributed by atoms with E-state index in [0.29, 0.717) is 12.5 Å². The molecule has 0 saturated carbocycles. The topological polar surface area (TPSA) is 57.8 Å². The summed E-state index contributed by atoms with van der Waals surface area (Å²) in [5.74, 6) is 1.73. The molecule has 1 saturated heterocycles. The van der Waals surface area contributed by atoms with Crippen molar-refractivity contribution in [3.05, 3.63) is 59.3 Å². The van der Waals surface area contributed by atoms with Crippen molar-refractivity contribution < 1.29 is 14.3 Å². The van der Waals surface area contributed by atoms with Gasteiger partial charge in [-0.2, -0.15) is 0 Å². The summed E-state index contributed by atoms with van der Waals surface area (Å²) in [7, 11) is 0. The zero-order valence-corrected chi connectivity index (χ0v) is 15.9. The fraction of sp³-hybridized carbons (Fsp3) is 0.318. The number of ether oxygens (including phenoxy) is 2. The van der Waals surface area contributed by atoms with Crippen LogP contribution in [0.25, 0.3) is 10.9 Å². The van der Waals surface area contributed by atoms with Crippen LogP contribution in [0.1, 0.15) is 21.6 Å². The number of benzene rings is 2. The number of carbonyl (C=O) groups is 1. The van der Waals surface area contributed by atoms with E-state index < -0.39 is 0 Å². The molecule has 2 aliphatic rings. The van der Waals surface area contributed by atoms with Gasteiger partial charge in [-0.15, -0.1) is 0 Å². The van der Waals surface area contributed by atoms with Crippen molar-refractivity contribution in [3.8, 4) is 11.5 Å². The van der Waals surface area contributed by atoms with E-state index in [1.807, 2.05) is 42.2 Å². The number of fused-ring (bicyclic) bond motifs is 2. The van der Waals surface area contributed by atoms with Crippen LogP contribution in [0.3, 0.4) is 0 Å². The Labute approximate surface area is 163 Å². The predicted octanol–water partition coefficient (Wildman–Crippen LogP) is 3.16. The Hall–Kier alpha value is -2.99. The molecular formula is C22H23N3O3. The summed E-state index contributed by atoms with van der Waals surface area (Å²) in [4.78, 5) is 20.7. The average Bonchev–Trinajstić information content (AvgIpc) is 3.32. The number of carbonyl (C=O) groups excluding carboxylic acids is 1. The van der Waals surface area contributed by atoms with E-state index in [2.05, 4.69) is 22.0 Å². The number of hydrogen-bond acceptors (Lipinski definition) is 4. The third-order valence-corrected chi connectivity index (χ3v) is 5.68. The molecule has 5 rings (SSSR count). The smallest absolute Gasteiger partial charge is 0.270 e. The normalized spacial score (nSPS) is 16.7. The minimum atomic E-state index is 0.0939. The van der Waals surface area contributed by atoms with Gasteiger partial charge in [0, 0.05) is 43.6 Å². The minimum absolute atomic E-state index is 0.0939. The predicted molar refractivity (Wildman–Crippen MR) is 107 cm³/mol. The largest absolute Gasteiger partial charge is 0.454 e. The highest BCUT2D eigenvalue weighted by Crippen LogP contribution is 2.33. The number of para-hydroxylation sites is 1. The van der Waals surface area contributed by atoms with Crippen molar-refractivity contribution in [3.63, 3.8) is 0 Å². The van der Waals surface area contributed by atoms with Crippen LogP contribution in [0.15, 0.2) is 42.5 Å². The molecule has 2 aromatic carbocycles. The van der Waals surface area contributed by atoms with Gasteiger partial charge in [0.1, 0.15) is 5.69 Å². The zero-order chi connectivity index (χ0) is 19.1. The van der Waals surface area contributed by atoms with Crippen molar-refractivity contribution in [1.82, 2.24) is 14.8 Å². The molecule has 1 fully saturated rings. The Kier molecular flexibility index (Phi) is 4.20. The minimum Gasteiger partial charge on any atom is -0.454 e. The highest BCUT2D eigenvalue weighted by atomic mass is 16.7. The molecule has 2 aliphatic heterocycles. The van der Waals surface area contributed by atoms with E-state index in [1.165, 1.54) is 5.56 Å². The first-order valence-corrected chi connectivity index (χ1v) is 9.66. The molecule has 6 heteroatoms. The van der Waals surface area contributed by atoms with Crippen LogP contribution in [-0.4, -0.2) is 53.7 Å². The molecule has 6 nitrogen and oxygen atoms in total. The van der Waals surface area contributed by atoms with Gasteiger partial charge in [0.2, 0.25) is 6.79 Å². The summed E-state index contributed by atoms with van der Waals surface area (Å²) in [6.45, 7) is 6.36. The molecule has 0 bridgehead atoms. The first-order chi connectivity index (χ1) is 13.7. The quantitative estimate of drug-likeness (QED) is 0.762.